The lowest BCUT2D eigenvalue weighted by molar-refractivity contribution is -0.189. The molecule has 1 saturated carbocycles. The molecular formula is C15H31NO. The van der Waals surface area contributed by atoms with Crippen LogP contribution in [0.4, 0.5) is 0 Å². The molecule has 0 aromatic rings. The predicted octanol–water partition coefficient (Wildman–Crippen LogP) is 3.75. The Morgan fingerprint density at radius 2 is 1.76 bits per heavy atom. The lowest BCUT2D eigenvalue weighted by Gasteiger charge is -2.57. The monoisotopic (exact) mass is 241 g/mol. The molecule has 0 aliphatic heterocycles. The van der Waals surface area contributed by atoms with E-state index in [-0.39, 0.29) is 5.60 Å². The topological polar surface area (TPSA) is 21.3 Å². The second-order valence-electron chi connectivity index (χ2n) is 6.40. The van der Waals surface area contributed by atoms with Crippen LogP contribution in [0.3, 0.4) is 0 Å². The molecule has 1 N–H and O–H groups in total. The van der Waals surface area contributed by atoms with Crippen LogP contribution >= 0.6 is 0 Å². The molecule has 1 rings (SSSR count). The summed E-state index contributed by atoms with van der Waals surface area (Å²) in [5.41, 5.74) is 0.346. The van der Waals surface area contributed by atoms with Gasteiger partial charge in [0.15, 0.2) is 0 Å². The lowest BCUT2D eigenvalue weighted by Crippen LogP contribution is -2.64. The Morgan fingerprint density at radius 1 is 1.18 bits per heavy atom. The molecule has 0 spiro atoms. The summed E-state index contributed by atoms with van der Waals surface area (Å²) in [7, 11) is 0. The first-order valence-electron chi connectivity index (χ1n) is 7.30. The maximum atomic E-state index is 6.24. The van der Waals surface area contributed by atoms with Gasteiger partial charge in [-0.2, -0.15) is 0 Å². The van der Waals surface area contributed by atoms with Crippen molar-refractivity contribution in [1.29, 1.82) is 0 Å². The quantitative estimate of drug-likeness (QED) is 0.764. The molecule has 0 radical (unpaired) electrons. The highest BCUT2D eigenvalue weighted by Gasteiger charge is 2.53. The largest absolute Gasteiger partial charge is 0.372 e. The van der Waals surface area contributed by atoms with E-state index in [0.29, 0.717) is 17.6 Å². The van der Waals surface area contributed by atoms with Gasteiger partial charge in [0.05, 0.1) is 11.7 Å². The normalized spacial score (nSPS) is 27.9. The van der Waals surface area contributed by atoms with Gasteiger partial charge in [-0.15, -0.1) is 0 Å². The van der Waals surface area contributed by atoms with Gasteiger partial charge < -0.3 is 10.1 Å². The van der Waals surface area contributed by atoms with Crippen LogP contribution in [0.25, 0.3) is 0 Å². The molecule has 0 saturated heterocycles. The average Bonchev–Trinajstić information content (AvgIpc) is 2.23. The van der Waals surface area contributed by atoms with Crippen LogP contribution in [0.1, 0.15) is 67.2 Å². The van der Waals surface area contributed by atoms with Gasteiger partial charge in [-0.25, -0.2) is 0 Å². The van der Waals surface area contributed by atoms with Gasteiger partial charge in [-0.3, -0.25) is 0 Å². The zero-order valence-corrected chi connectivity index (χ0v) is 12.6. The second kappa shape index (κ2) is 5.71. The first kappa shape index (κ1) is 15.0. The third-order valence-corrected chi connectivity index (χ3v) is 4.24. The summed E-state index contributed by atoms with van der Waals surface area (Å²) in [6.45, 7) is 14.5. The molecule has 102 valence electrons. The SMILES string of the molecule is CCCNC1CC(OC(C)(C)C)C1(CC)CC. The van der Waals surface area contributed by atoms with E-state index in [1.54, 1.807) is 0 Å². The fourth-order valence-electron chi connectivity index (χ4n) is 3.14. The minimum Gasteiger partial charge on any atom is -0.372 e. The van der Waals surface area contributed by atoms with Crippen LogP contribution in [-0.4, -0.2) is 24.3 Å². The van der Waals surface area contributed by atoms with Gasteiger partial charge in [-0.05, 0) is 53.0 Å². The Kier molecular flexibility index (Phi) is 5.03. The van der Waals surface area contributed by atoms with Crippen LogP contribution in [0, 0.1) is 5.41 Å². The predicted molar refractivity (Wildman–Crippen MR) is 74.3 cm³/mol. The number of hydrogen-bond acceptors (Lipinski definition) is 2. The molecule has 0 aromatic carbocycles. The highest BCUT2D eigenvalue weighted by molar-refractivity contribution is 5.07. The van der Waals surface area contributed by atoms with E-state index in [1.807, 2.05) is 0 Å². The van der Waals surface area contributed by atoms with E-state index in [4.69, 9.17) is 4.74 Å². The zero-order chi connectivity index (χ0) is 13.1. The van der Waals surface area contributed by atoms with Crippen LogP contribution in [0.5, 0.6) is 0 Å². The summed E-state index contributed by atoms with van der Waals surface area (Å²) >= 11 is 0. The maximum Gasteiger partial charge on any atom is 0.0668 e. The summed E-state index contributed by atoms with van der Waals surface area (Å²) in [5, 5.41) is 3.70. The Morgan fingerprint density at radius 3 is 2.18 bits per heavy atom. The summed E-state index contributed by atoms with van der Waals surface area (Å²) in [6.07, 6.45) is 5.26. The maximum absolute atomic E-state index is 6.24. The van der Waals surface area contributed by atoms with Crippen molar-refractivity contribution in [2.75, 3.05) is 6.54 Å². The standard InChI is InChI=1S/C15H31NO/c1-7-10-16-12-11-13(17-14(4,5)6)15(12,8-2)9-3/h12-13,16H,7-11H2,1-6H3. The van der Waals surface area contributed by atoms with Gasteiger partial charge in [0.2, 0.25) is 0 Å². The average molecular weight is 241 g/mol. The summed E-state index contributed by atoms with van der Waals surface area (Å²) < 4.78 is 6.24. The van der Waals surface area contributed by atoms with Gasteiger partial charge in [0.25, 0.3) is 0 Å². The molecular weight excluding hydrogens is 210 g/mol. The second-order valence-corrected chi connectivity index (χ2v) is 6.40. The molecule has 1 aliphatic carbocycles. The van der Waals surface area contributed by atoms with Crippen molar-refractivity contribution in [2.24, 2.45) is 5.41 Å². The van der Waals surface area contributed by atoms with Crippen LogP contribution in [-0.2, 0) is 4.74 Å². The third-order valence-electron chi connectivity index (χ3n) is 4.24. The molecule has 0 aromatic heterocycles. The van der Waals surface area contributed by atoms with Crippen LogP contribution in [0.2, 0.25) is 0 Å². The van der Waals surface area contributed by atoms with Crippen molar-refractivity contribution >= 4 is 0 Å². The van der Waals surface area contributed by atoms with Crippen molar-refractivity contribution < 1.29 is 4.74 Å². The number of rotatable bonds is 6. The van der Waals surface area contributed by atoms with Crippen LogP contribution < -0.4 is 5.32 Å². The van der Waals surface area contributed by atoms with Crippen LogP contribution in [0.15, 0.2) is 0 Å². The summed E-state index contributed by atoms with van der Waals surface area (Å²) in [4.78, 5) is 0. The molecule has 2 heteroatoms. The molecule has 1 aliphatic rings. The van der Waals surface area contributed by atoms with E-state index in [2.05, 4.69) is 46.9 Å². The van der Waals surface area contributed by atoms with E-state index in [9.17, 15) is 0 Å². The van der Waals surface area contributed by atoms with Crippen molar-refractivity contribution in [3.05, 3.63) is 0 Å². The Labute approximate surface area is 108 Å². The molecule has 0 heterocycles. The van der Waals surface area contributed by atoms with Crippen molar-refractivity contribution in [2.45, 2.75) is 85.0 Å². The van der Waals surface area contributed by atoms with Gasteiger partial charge in [0.1, 0.15) is 0 Å². The molecule has 0 bridgehead atoms. The minimum absolute atomic E-state index is 0.0179. The summed E-state index contributed by atoms with van der Waals surface area (Å²) in [5.74, 6) is 0. The molecule has 2 atom stereocenters. The highest BCUT2D eigenvalue weighted by atomic mass is 16.5. The zero-order valence-electron chi connectivity index (χ0n) is 12.6. The number of ether oxygens (including phenoxy) is 1. The fourth-order valence-corrected chi connectivity index (χ4v) is 3.14. The van der Waals surface area contributed by atoms with Crippen molar-refractivity contribution in [3.63, 3.8) is 0 Å². The minimum atomic E-state index is -0.0179. The van der Waals surface area contributed by atoms with E-state index in [1.165, 1.54) is 25.7 Å². The smallest absolute Gasteiger partial charge is 0.0668 e. The Hall–Kier alpha value is -0.0800. The van der Waals surface area contributed by atoms with Gasteiger partial charge in [-0.1, -0.05) is 20.8 Å². The molecule has 0 amide bonds. The summed E-state index contributed by atoms with van der Waals surface area (Å²) in [6, 6.07) is 0.657. The lowest BCUT2D eigenvalue weighted by atomic mass is 9.58. The fraction of sp³-hybridized carbons (Fsp3) is 1.00. The van der Waals surface area contributed by atoms with Crippen molar-refractivity contribution in [1.82, 2.24) is 5.32 Å². The first-order valence-corrected chi connectivity index (χ1v) is 7.30. The molecule has 2 nitrogen and oxygen atoms in total. The highest BCUT2D eigenvalue weighted by Crippen LogP contribution is 2.50. The van der Waals surface area contributed by atoms with Crippen molar-refractivity contribution in [3.8, 4) is 0 Å². The molecule has 17 heavy (non-hydrogen) atoms. The number of hydrogen-bond donors (Lipinski definition) is 1. The van der Waals surface area contributed by atoms with Gasteiger partial charge in [0, 0.05) is 11.5 Å². The van der Waals surface area contributed by atoms with E-state index >= 15 is 0 Å². The molecule has 2 unspecified atom stereocenters. The van der Waals surface area contributed by atoms with Gasteiger partial charge >= 0.3 is 0 Å². The van der Waals surface area contributed by atoms with E-state index in [0.717, 1.165) is 6.54 Å². The Bertz CT molecular complexity index is 228. The number of nitrogens with one attached hydrogen (secondary N) is 1. The van der Waals surface area contributed by atoms with E-state index < -0.39 is 0 Å². The molecule has 1 fully saturated rings. The first-order chi connectivity index (χ1) is 7.89. The Balaban J connectivity index is 2.64. The third kappa shape index (κ3) is 3.23.